The molecule has 5 nitrogen and oxygen atoms in total. The van der Waals surface area contributed by atoms with Crippen molar-refractivity contribution in [2.24, 2.45) is 16.8 Å². The van der Waals surface area contributed by atoms with E-state index >= 15 is 0 Å². The fraction of sp³-hybridized carbons (Fsp3) is 0.500. The van der Waals surface area contributed by atoms with Crippen LogP contribution in [-0.2, 0) is 4.79 Å². The Balaban J connectivity index is 2.12. The number of amides is 1. The van der Waals surface area contributed by atoms with Crippen LogP contribution in [0.5, 0.6) is 0 Å². The van der Waals surface area contributed by atoms with Crippen molar-refractivity contribution in [3.05, 3.63) is 29.3 Å². The van der Waals surface area contributed by atoms with Gasteiger partial charge in [-0.25, -0.2) is 0 Å². The van der Waals surface area contributed by atoms with Crippen LogP contribution < -0.4 is 11.1 Å². The molecule has 0 saturated heterocycles. The summed E-state index contributed by atoms with van der Waals surface area (Å²) < 4.78 is 0. The van der Waals surface area contributed by atoms with Crippen LogP contribution in [-0.4, -0.2) is 17.0 Å². The standard InChI is InChI=1S/C16H23N3O2/c1-11-8-9-13(15(17)19-21)10-14(11)18-16(20)12-6-4-2-3-5-7-12/h8-10,12,21H,2-7H2,1H3,(H2,17,19)(H,18,20). The third-order valence-electron chi connectivity index (χ3n) is 4.12. The van der Waals surface area contributed by atoms with Crippen LogP contribution in [0.15, 0.2) is 23.4 Å². The van der Waals surface area contributed by atoms with E-state index in [0.29, 0.717) is 5.56 Å². The van der Waals surface area contributed by atoms with Crippen molar-refractivity contribution in [3.63, 3.8) is 0 Å². The maximum atomic E-state index is 12.4. The largest absolute Gasteiger partial charge is 0.409 e. The van der Waals surface area contributed by atoms with Gasteiger partial charge >= 0.3 is 0 Å². The number of hydrogen-bond acceptors (Lipinski definition) is 3. The molecule has 114 valence electrons. The lowest BCUT2D eigenvalue weighted by Crippen LogP contribution is -2.23. The lowest BCUT2D eigenvalue weighted by Gasteiger charge is -2.16. The van der Waals surface area contributed by atoms with Crippen molar-refractivity contribution >= 4 is 17.4 Å². The summed E-state index contributed by atoms with van der Waals surface area (Å²) in [6.45, 7) is 1.93. The minimum atomic E-state index is 0.0416. The second kappa shape index (κ2) is 7.11. The minimum absolute atomic E-state index is 0.0416. The van der Waals surface area contributed by atoms with Crippen molar-refractivity contribution in [3.8, 4) is 0 Å². The predicted octanol–water partition coefficient (Wildman–Crippen LogP) is 3.00. The highest BCUT2D eigenvalue weighted by Crippen LogP contribution is 2.25. The van der Waals surface area contributed by atoms with Crippen molar-refractivity contribution in [2.75, 3.05) is 5.32 Å². The van der Waals surface area contributed by atoms with Gasteiger partial charge in [0.2, 0.25) is 5.91 Å². The Morgan fingerprint density at radius 2 is 1.95 bits per heavy atom. The van der Waals surface area contributed by atoms with Gasteiger partial charge in [0.1, 0.15) is 0 Å². The molecule has 1 aromatic rings. The summed E-state index contributed by atoms with van der Waals surface area (Å²) in [6.07, 6.45) is 6.63. The lowest BCUT2D eigenvalue weighted by molar-refractivity contribution is -0.120. The van der Waals surface area contributed by atoms with Gasteiger partial charge in [0.15, 0.2) is 5.84 Å². The van der Waals surface area contributed by atoms with Crippen LogP contribution in [0.2, 0.25) is 0 Å². The van der Waals surface area contributed by atoms with Crippen LogP contribution in [0.25, 0.3) is 0 Å². The minimum Gasteiger partial charge on any atom is -0.409 e. The number of nitrogens with one attached hydrogen (secondary N) is 1. The summed E-state index contributed by atoms with van der Waals surface area (Å²) in [5.41, 5.74) is 7.89. The fourth-order valence-corrected chi connectivity index (χ4v) is 2.75. The molecule has 5 heteroatoms. The Bertz CT molecular complexity index is 532. The van der Waals surface area contributed by atoms with E-state index in [-0.39, 0.29) is 17.7 Å². The van der Waals surface area contributed by atoms with Crippen LogP contribution in [0.3, 0.4) is 0 Å². The number of amidine groups is 1. The van der Waals surface area contributed by atoms with E-state index in [1.807, 2.05) is 13.0 Å². The first kappa shape index (κ1) is 15.4. The molecule has 0 spiro atoms. The number of nitrogens with two attached hydrogens (primary N) is 1. The van der Waals surface area contributed by atoms with Gasteiger partial charge in [0.05, 0.1) is 0 Å². The molecule has 0 aromatic heterocycles. The summed E-state index contributed by atoms with van der Waals surface area (Å²) in [5, 5.41) is 14.7. The summed E-state index contributed by atoms with van der Waals surface area (Å²) in [7, 11) is 0. The molecule has 0 unspecified atom stereocenters. The number of rotatable bonds is 3. The Kier molecular flexibility index (Phi) is 5.20. The predicted molar refractivity (Wildman–Crippen MR) is 83.5 cm³/mol. The Hall–Kier alpha value is -2.04. The molecule has 1 amide bonds. The Morgan fingerprint density at radius 1 is 1.29 bits per heavy atom. The van der Waals surface area contributed by atoms with Crippen molar-refractivity contribution in [2.45, 2.75) is 45.4 Å². The molecule has 1 saturated carbocycles. The van der Waals surface area contributed by atoms with E-state index in [0.717, 1.165) is 36.9 Å². The maximum absolute atomic E-state index is 12.4. The highest BCUT2D eigenvalue weighted by Gasteiger charge is 2.20. The second-order valence-electron chi connectivity index (χ2n) is 5.69. The molecule has 1 aliphatic carbocycles. The van der Waals surface area contributed by atoms with Gasteiger partial charge in [0, 0.05) is 17.2 Å². The van der Waals surface area contributed by atoms with E-state index < -0.39 is 0 Å². The number of hydrogen-bond donors (Lipinski definition) is 3. The zero-order valence-corrected chi connectivity index (χ0v) is 12.4. The SMILES string of the molecule is Cc1ccc(C(N)=NO)cc1NC(=O)C1CCCCCC1. The number of oxime groups is 1. The highest BCUT2D eigenvalue weighted by molar-refractivity contribution is 6.00. The number of aryl methyl sites for hydroxylation is 1. The first-order valence-corrected chi connectivity index (χ1v) is 7.51. The second-order valence-corrected chi connectivity index (χ2v) is 5.69. The number of nitrogens with zero attached hydrogens (tertiary/aromatic N) is 1. The molecule has 21 heavy (non-hydrogen) atoms. The Labute approximate surface area is 125 Å². The van der Waals surface area contributed by atoms with Gasteiger partial charge in [-0.15, -0.1) is 0 Å². The van der Waals surface area contributed by atoms with Crippen LogP contribution >= 0.6 is 0 Å². The molecule has 0 bridgehead atoms. The quantitative estimate of drug-likeness (QED) is 0.263. The van der Waals surface area contributed by atoms with E-state index in [1.165, 1.54) is 12.8 Å². The molecule has 0 heterocycles. The van der Waals surface area contributed by atoms with E-state index in [4.69, 9.17) is 10.9 Å². The molecule has 1 aromatic carbocycles. The van der Waals surface area contributed by atoms with Gasteiger partial charge in [-0.1, -0.05) is 43.0 Å². The van der Waals surface area contributed by atoms with E-state index in [1.54, 1.807) is 12.1 Å². The first-order valence-electron chi connectivity index (χ1n) is 7.51. The van der Waals surface area contributed by atoms with Crippen LogP contribution in [0.4, 0.5) is 5.69 Å². The zero-order chi connectivity index (χ0) is 15.2. The zero-order valence-electron chi connectivity index (χ0n) is 12.4. The van der Waals surface area contributed by atoms with Gasteiger partial charge < -0.3 is 16.3 Å². The molecule has 4 N–H and O–H groups in total. The number of anilines is 1. The summed E-state index contributed by atoms with van der Waals surface area (Å²) in [6, 6.07) is 5.38. The molecular formula is C16H23N3O2. The number of carbonyl (C=O) groups is 1. The number of carbonyl (C=O) groups excluding carboxylic acids is 1. The van der Waals surface area contributed by atoms with Crippen molar-refractivity contribution < 1.29 is 10.0 Å². The lowest BCUT2D eigenvalue weighted by atomic mass is 9.99. The average Bonchev–Trinajstić information content (AvgIpc) is 2.77. The molecule has 2 rings (SSSR count). The molecule has 0 aliphatic heterocycles. The average molecular weight is 289 g/mol. The van der Waals surface area contributed by atoms with Gasteiger partial charge in [-0.2, -0.15) is 0 Å². The van der Waals surface area contributed by atoms with Crippen LogP contribution in [0, 0.1) is 12.8 Å². The van der Waals surface area contributed by atoms with Gasteiger partial charge in [-0.3, -0.25) is 4.79 Å². The summed E-state index contributed by atoms with van der Waals surface area (Å²) in [4.78, 5) is 12.4. The summed E-state index contributed by atoms with van der Waals surface area (Å²) >= 11 is 0. The molecule has 1 aliphatic rings. The van der Waals surface area contributed by atoms with E-state index in [9.17, 15) is 4.79 Å². The molecule has 0 radical (unpaired) electrons. The highest BCUT2D eigenvalue weighted by atomic mass is 16.4. The molecule has 1 fully saturated rings. The summed E-state index contributed by atoms with van der Waals surface area (Å²) in [5.74, 6) is 0.219. The van der Waals surface area contributed by atoms with Crippen molar-refractivity contribution in [1.82, 2.24) is 0 Å². The molecular weight excluding hydrogens is 266 g/mol. The van der Waals surface area contributed by atoms with E-state index in [2.05, 4.69) is 10.5 Å². The van der Waals surface area contributed by atoms with Crippen LogP contribution in [0.1, 0.15) is 49.7 Å². The van der Waals surface area contributed by atoms with Gasteiger partial charge in [0.25, 0.3) is 0 Å². The normalized spacial score (nSPS) is 17.3. The fourth-order valence-electron chi connectivity index (χ4n) is 2.75. The topological polar surface area (TPSA) is 87.7 Å². The van der Waals surface area contributed by atoms with Gasteiger partial charge in [-0.05, 0) is 31.4 Å². The smallest absolute Gasteiger partial charge is 0.227 e. The number of benzene rings is 1. The first-order chi connectivity index (χ1) is 10.1. The third-order valence-corrected chi connectivity index (χ3v) is 4.12. The molecule has 0 atom stereocenters. The third kappa shape index (κ3) is 3.97. The monoisotopic (exact) mass is 289 g/mol. The maximum Gasteiger partial charge on any atom is 0.227 e. The van der Waals surface area contributed by atoms with Crippen molar-refractivity contribution in [1.29, 1.82) is 0 Å². The Morgan fingerprint density at radius 3 is 2.57 bits per heavy atom.